The second kappa shape index (κ2) is 28.7. The summed E-state index contributed by atoms with van der Waals surface area (Å²) in [6, 6.07) is 24.5. The molecule has 366 valence electrons. The van der Waals surface area contributed by atoms with E-state index in [4.69, 9.17) is 9.47 Å². The van der Waals surface area contributed by atoms with Crippen LogP contribution in [0.5, 0.6) is 11.5 Å². The molecule has 0 aliphatic rings. The van der Waals surface area contributed by atoms with Crippen LogP contribution in [0.2, 0.25) is 0 Å². The Morgan fingerprint density at radius 2 is 0.636 bits per heavy atom. The number of benzene rings is 2. The molecule has 0 spiro atoms. The van der Waals surface area contributed by atoms with Gasteiger partial charge < -0.3 is 9.47 Å². The molecule has 18 heteroatoms. The minimum absolute atomic E-state index is 0.697. The molecule has 4 rings (SSSR count). The van der Waals surface area contributed by atoms with Crippen molar-refractivity contribution in [3.05, 3.63) is 120 Å². The van der Waals surface area contributed by atoms with E-state index in [1.807, 2.05) is 48.5 Å². The number of pyridine rings is 2. The Hall–Kier alpha value is -3.56. The lowest BCUT2D eigenvalue weighted by Gasteiger charge is -2.39. The average molecular weight is 1170 g/mol. The Morgan fingerprint density at radius 1 is 0.379 bits per heavy atom. The van der Waals surface area contributed by atoms with Gasteiger partial charge in [-0.15, -0.1) is 0 Å². The van der Waals surface area contributed by atoms with Gasteiger partial charge in [0.05, 0.1) is 13.2 Å². The number of nitrogens with zero attached hydrogens (tertiary/aromatic N) is 2. The smallest absolute Gasteiger partial charge is 0.387 e. The molecule has 0 aliphatic carbocycles. The number of rotatable bonds is 25. The van der Waals surface area contributed by atoms with Crippen LogP contribution < -0.4 is 9.47 Å². The fraction of sp³-hybridized carbons (Fsp3) is 0.458. The largest absolute Gasteiger partial charge is 0.494 e. The Labute approximate surface area is 406 Å². The minimum Gasteiger partial charge on any atom is -0.494 e. The number of unbranched alkanes of at least 4 members (excludes halogenated alkanes) is 10. The molecule has 0 atom stereocenters. The van der Waals surface area contributed by atoms with E-state index in [2.05, 4.69) is 72.4 Å². The van der Waals surface area contributed by atoms with Crippen LogP contribution in [0.1, 0.15) is 113 Å². The van der Waals surface area contributed by atoms with Gasteiger partial charge in [-0.1, -0.05) is 127 Å². The van der Waals surface area contributed by atoms with Crippen LogP contribution in [-0.4, -0.2) is 54.7 Å². The van der Waals surface area contributed by atoms with Crippen LogP contribution in [0, 0.1) is 0 Å². The second-order valence-corrected chi connectivity index (χ2v) is 17.6. The summed E-state index contributed by atoms with van der Waals surface area (Å²) in [6.45, 7) is 6.13. The van der Waals surface area contributed by atoms with Gasteiger partial charge in [0.1, 0.15) is 11.5 Å². The molecular formula is C48H54F12I2N2O2. The van der Waals surface area contributed by atoms with E-state index >= 15 is 0 Å². The summed E-state index contributed by atoms with van der Waals surface area (Å²) in [6.07, 6.45) is 31.1. The van der Waals surface area contributed by atoms with Crippen LogP contribution in [-0.2, 0) is 0 Å². The molecule has 0 amide bonds. The van der Waals surface area contributed by atoms with Gasteiger partial charge in [0, 0.05) is 70.0 Å². The van der Waals surface area contributed by atoms with E-state index in [1.165, 1.54) is 75.3 Å². The summed E-state index contributed by atoms with van der Waals surface area (Å²) in [5.41, 5.74) is 4.66. The van der Waals surface area contributed by atoms with Crippen molar-refractivity contribution in [1.82, 2.24) is 9.97 Å². The molecule has 4 nitrogen and oxygen atoms in total. The van der Waals surface area contributed by atoms with Gasteiger partial charge in [0.25, 0.3) is 0 Å². The van der Waals surface area contributed by atoms with Crippen molar-refractivity contribution < 1.29 is 62.2 Å². The van der Waals surface area contributed by atoms with Gasteiger partial charge in [0.15, 0.2) is 0 Å². The first-order valence-electron chi connectivity index (χ1n) is 21.3. The van der Waals surface area contributed by atoms with E-state index < -0.39 is 76.7 Å². The monoisotopic (exact) mass is 1170 g/mol. The highest BCUT2D eigenvalue weighted by Gasteiger charge is 2.89. The van der Waals surface area contributed by atoms with Gasteiger partial charge in [-0.05, 0) is 83.6 Å². The predicted octanol–water partition coefficient (Wildman–Crippen LogP) is 17.6. The molecule has 2 heterocycles. The maximum atomic E-state index is 12.7. The van der Waals surface area contributed by atoms with Gasteiger partial charge in [-0.25, -0.2) is 0 Å². The van der Waals surface area contributed by atoms with E-state index in [0.717, 1.165) is 48.7 Å². The lowest BCUT2D eigenvalue weighted by molar-refractivity contribution is -0.401. The average Bonchev–Trinajstić information content (AvgIpc) is 3.28. The topological polar surface area (TPSA) is 44.2 Å². The highest BCUT2D eigenvalue weighted by atomic mass is 127. The molecule has 0 radical (unpaired) electrons. The van der Waals surface area contributed by atoms with Crippen molar-refractivity contribution >= 4 is 69.5 Å². The Kier molecular flexibility index (Phi) is 25.5. The molecule has 4 aromatic rings. The zero-order valence-corrected chi connectivity index (χ0v) is 40.8. The third-order valence-corrected chi connectivity index (χ3v) is 10.9. The quantitative estimate of drug-likeness (QED) is 0.0287. The molecule has 0 aliphatic heterocycles. The molecule has 2 aromatic heterocycles. The Balaban J connectivity index is 0.000000342. The zero-order chi connectivity index (χ0) is 49.3. The van der Waals surface area contributed by atoms with Crippen molar-refractivity contribution in [3.8, 4) is 11.5 Å². The van der Waals surface area contributed by atoms with Crippen LogP contribution >= 0.6 is 45.2 Å². The first-order valence-corrected chi connectivity index (χ1v) is 23.4. The third-order valence-electron chi connectivity index (χ3n) is 9.54. The summed E-state index contributed by atoms with van der Waals surface area (Å²) < 4.78 is 150. The highest BCUT2D eigenvalue weighted by molar-refractivity contribution is 14.1. The summed E-state index contributed by atoms with van der Waals surface area (Å²) in [4.78, 5) is 8.04. The number of hydrogen-bond acceptors (Lipinski definition) is 4. The van der Waals surface area contributed by atoms with Crippen molar-refractivity contribution in [2.75, 3.05) is 13.2 Å². The molecule has 66 heavy (non-hydrogen) atoms. The molecule has 0 unspecified atom stereocenters. The molecular weight excluding hydrogens is 1120 g/mol. The molecule has 0 N–H and O–H groups in total. The van der Waals surface area contributed by atoms with Crippen LogP contribution in [0.4, 0.5) is 52.7 Å². The second-order valence-electron chi connectivity index (χ2n) is 14.9. The fourth-order valence-electron chi connectivity index (χ4n) is 5.58. The molecule has 0 saturated carbocycles. The van der Waals surface area contributed by atoms with Gasteiger partial charge >= 0.3 is 31.5 Å². The van der Waals surface area contributed by atoms with Crippen molar-refractivity contribution in [3.63, 3.8) is 0 Å². The van der Waals surface area contributed by atoms with Crippen molar-refractivity contribution in [1.29, 1.82) is 0 Å². The molecule has 0 bridgehead atoms. The maximum absolute atomic E-state index is 12.7. The SMILES string of the molecule is CCCCCCCCOc1ccc(/C=C/c2ccncc2)cc1.CCCCCCCCOc1ccc(/C=C/c2ccncc2)cc1.FC(F)(I)C(F)(F)C(F)(F)C(F)(F)C(F)(F)C(F)(F)I. The summed E-state index contributed by atoms with van der Waals surface area (Å²) in [7, 11) is 0. The third kappa shape index (κ3) is 19.2. The van der Waals surface area contributed by atoms with Crippen LogP contribution in [0.25, 0.3) is 24.3 Å². The predicted molar refractivity (Wildman–Crippen MR) is 255 cm³/mol. The normalized spacial score (nSPS) is 12.7. The minimum atomic E-state index is -7.44. The first-order chi connectivity index (χ1) is 31.0. The van der Waals surface area contributed by atoms with Crippen molar-refractivity contribution in [2.24, 2.45) is 0 Å². The number of ether oxygens (including phenoxy) is 2. The van der Waals surface area contributed by atoms with Crippen LogP contribution in [0.15, 0.2) is 97.6 Å². The first kappa shape index (κ1) is 58.6. The lowest BCUT2D eigenvalue weighted by Crippen LogP contribution is -2.68. The van der Waals surface area contributed by atoms with Gasteiger partial charge in [0.2, 0.25) is 0 Å². The Bertz CT molecular complexity index is 1820. The van der Waals surface area contributed by atoms with E-state index in [1.54, 1.807) is 24.8 Å². The van der Waals surface area contributed by atoms with Crippen LogP contribution in [0.3, 0.4) is 0 Å². The van der Waals surface area contributed by atoms with Gasteiger partial charge in [-0.3, -0.25) is 9.97 Å². The number of alkyl halides is 14. The Morgan fingerprint density at radius 3 is 0.909 bits per heavy atom. The molecule has 0 saturated heterocycles. The van der Waals surface area contributed by atoms with E-state index in [9.17, 15) is 52.7 Å². The number of aromatic nitrogens is 2. The van der Waals surface area contributed by atoms with Gasteiger partial charge in [-0.2, -0.15) is 52.7 Å². The standard InChI is InChI=1S/2C21H27NO.C6F12I2/c2*1-2-3-4-5-6-7-18-23-21-12-10-19(11-13-21)8-9-20-14-16-22-17-15-20;7-1(8,3(11,12)5(15,16)19)2(9,10)4(13,14)6(17,18)20/h2*8-17H,2-7,18H2,1H3;/b2*9-8+;. The lowest BCUT2D eigenvalue weighted by atomic mass is 9.99. The molecule has 0 fully saturated rings. The summed E-state index contributed by atoms with van der Waals surface area (Å²) >= 11 is -1.39. The molecule has 2 aromatic carbocycles. The highest BCUT2D eigenvalue weighted by Crippen LogP contribution is 2.62. The number of hydrogen-bond donors (Lipinski definition) is 0. The zero-order valence-electron chi connectivity index (χ0n) is 36.4. The fourth-order valence-corrected chi connectivity index (χ4v) is 6.26. The van der Waals surface area contributed by atoms with E-state index in [0.29, 0.717) is 0 Å². The summed E-state index contributed by atoms with van der Waals surface area (Å²) in [5.74, 6) is -27.0. The van der Waals surface area contributed by atoms with E-state index in [-0.39, 0.29) is 0 Å². The maximum Gasteiger partial charge on any atom is 0.387 e. The van der Waals surface area contributed by atoms with Crippen molar-refractivity contribution in [2.45, 2.75) is 122 Å². The number of halogens is 14. The summed E-state index contributed by atoms with van der Waals surface area (Å²) in [5, 5.41) is 0.